The maximum Gasteiger partial charge on any atom is 0.182 e. The smallest absolute Gasteiger partial charge is 0.182 e. The van der Waals surface area contributed by atoms with E-state index in [2.05, 4.69) is 4.90 Å². The van der Waals surface area contributed by atoms with Crippen LogP contribution in [0.5, 0.6) is 0 Å². The summed E-state index contributed by atoms with van der Waals surface area (Å²) in [5.74, 6) is 0.234. The standard InChI is InChI=1S/C10H13NO2S/c1-2-11-7-8-14(12,13)10-6-4-3-5-9(10)11/h3-6H,2,7-8H2,1H3. The summed E-state index contributed by atoms with van der Waals surface area (Å²) in [6.45, 7) is 3.50. The molecule has 0 atom stereocenters. The van der Waals surface area contributed by atoms with E-state index in [1.54, 1.807) is 12.1 Å². The molecule has 0 radical (unpaired) electrons. The third-order valence-corrected chi connectivity index (χ3v) is 4.29. The normalized spacial score (nSPS) is 19.1. The Morgan fingerprint density at radius 1 is 1.36 bits per heavy atom. The van der Waals surface area contributed by atoms with Crippen molar-refractivity contribution >= 4 is 15.5 Å². The first kappa shape index (κ1) is 9.52. The average Bonchev–Trinajstić information content (AvgIpc) is 2.18. The zero-order valence-corrected chi connectivity index (χ0v) is 8.92. The van der Waals surface area contributed by atoms with Crippen LogP contribution in [0.4, 0.5) is 5.69 Å². The van der Waals surface area contributed by atoms with Crippen molar-refractivity contribution < 1.29 is 8.42 Å². The molecule has 1 aliphatic heterocycles. The molecule has 0 spiro atoms. The quantitative estimate of drug-likeness (QED) is 0.702. The third kappa shape index (κ3) is 1.39. The lowest BCUT2D eigenvalue weighted by atomic mass is 10.3. The molecule has 0 fully saturated rings. The zero-order valence-electron chi connectivity index (χ0n) is 8.10. The summed E-state index contributed by atoms with van der Waals surface area (Å²) in [6.07, 6.45) is 0. The predicted octanol–water partition coefficient (Wildman–Crippen LogP) is 1.30. The Morgan fingerprint density at radius 2 is 2.07 bits per heavy atom. The van der Waals surface area contributed by atoms with E-state index in [1.807, 2.05) is 19.1 Å². The van der Waals surface area contributed by atoms with Crippen molar-refractivity contribution in [3.05, 3.63) is 24.3 Å². The second-order valence-electron chi connectivity index (χ2n) is 3.37. The fourth-order valence-corrected chi connectivity index (χ4v) is 3.25. The number of nitrogens with zero attached hydrogens (tertiary/aromatic N) is 1. The summed E-state index contributed by atoms with van der Waals surface area (Å²) in [5, 5.41) is 0. The maximum atomic E-state index is 11.7. The molecule has 0 aromatic heterocycles. The fourth-order valence-electron chi connectivity index (χ4n) is 1.77. The van der Waals surface area contributed by atoms with Gasteiger partial charge in [0.05, 0.1) is 16.3 Å². The summed E-state index contributed by atoms with van der Waals surface area (Å²) in [7, 11) is -3.03. The van der Waals surface area contributed by atoms with E-state index < -0.39 is 9.84 Å². The van der Waals surface area contributed by atoms with Crippen LogP contribution < -0.4 is 4.90 Å². The lowest BCUT2D eigenvalue weighted by Gasteiger charge is -2.29. The molecule has 76 valence electrons. The Bertz CT molecular complexity index is 439. The van der Waals surface area contributed by atoms with Crippen LogP contribution in [0.25, 0.3) is 0 Å². The second kappa shape index (κ2) is 3.28. The van der Waals surface area contributed by atoms with Crippen molar-refractivity contribution in [1.82, 2.24) is 0 Å². The van der Waals surface area contributed by atoms with Gasteiger partial charge in [0, 0.05) is 13.1 Å². The Kier molecular flexibility index (Phi) is 2.23. The van der Waals surface area contributed by atoms with Crippen LogP contribution in [-0.2, 0) is 9.84 Å². The fraction of sp³-hybridized carbons (Fsp3) is 0.400. The molecule has 0 bridgehead atoms. The molecule has 0 aliphatic carbocycles. The van der Waals surface area contributed by atoms with Gasteiger partial charge in [0.2, 0.25) is 0 Å². The summed E-state index contributed by atoms with van der Waals surface area (Å²) in [6, 6.07) is 7.21. The first-order valence-corrected chi connectivity index (χ1v) is 6.37. The van der Waals surface area contributed by atoms with Gasteiger partial charge in [0.1, 0.15) is 0 Å². The van der Waals surface area contributed by atoms with Crippen LogP contribution in [0.15, 0.2) is 29.2 Å². The van der Waals surface area contributed by atoms with Crippen LogP contribution in [-0.4, -0.2) is 27.3 Å². The predicted molar refractivity (Wildman–Crippen MR) is 56.4 cm³/mol. The summed E-state index contributed by atoms with van der Waals surface area (Å²) >= 11 is 0. The van der Waals surface area contributed by atoms with Gasteiger partial charge in [-0.1, -0.05) is 12.1 Å². The molecule has 0 unspecified atom stereocenters. The van der Waals surface area contributed by atoms with Gasteiger partial charge in [0.25, 0.3) is 0 Å². The van der Waals surface area contributed by atoms with Crippen LogP contribution >= 0.6 is 0 Å². The topological polar surface area (TPSA) is 37.4 Å². The van der Waals surface area contributed by atoms with Gasteiger partial charge in [0.15, 0.2) is 9.84 Å². The minimum atomic E-state index is -3.03. The minimum Gasteiger partial charge on any atom is -0.370 e. The van der Waals surface area contributed by atoms with Gasteiger partial charge in [-0.3, -0.25) is 0 Å². The van der Waals surface area contributed by atoms with Crippen molar-refractivity contribution in [3.8, 4) is 0 Å². The van der Waals surface area contributed by atoms with E-state index in [-0.39, 0.29) is 5.75 Å². The van der Waals surface area contributed by atoms with E-state index in [1.165, 1.54) is 0 Å². The molecule has 14 heavy (non-hydrogen) atoms. The number of hydrogen-bond donors (Lipinski definition) is 0. The maximum absolute atomic E-state index is 11.7. The van der Waals surface area contributed by atoms with Gasteiger partial charge in [-0.15, -0.1) is 0 Å². The largest absolute Gasteiger partial charge is 0.370 e. The Balaban J connectivity index is 2.61. The first-order valence-electron chi connectivity index (χ1n) is 4.72. The Labute approximate surface area is 84.3 Å². The summed E-state index contributed by atoms with van der Waals surface area (Å²) in [4.78, 5) is 2.57. The minimum absolute atomic E-state index is 0.234. The van der Waals surface area contributed by atoms with E-state index in [9.17, 15) is 8.42 Å². The SMILES string of the molecule is CCN1CCS(=O)(=O)c2ccccc21. The third-order valence-electron chi connectivity index (χ3n) is 2.55. The molecule has 0 amide bonds. The van der Waals surface area contributed by atoms with Gasteiger partial charge in [-0.25, -0.2) is 8.42 Å². The number of hydrogen-bond acceptors (Lipinski definition) is 3. The van der Waals surface area contributed by atoms with Crippen molar-refractivity contribution in [2.75, 3.05) is 23.7 Å². The van der Waals surface area contributed by atoms with E-state index in [4.69, 9.17) is 0 Å². The molecule has 3 nitrogen and oxygen atoms in total. The molecule has 4 heteroatoms. The van der Waals surface area contributed by atoms with Gasteiger partial charge in [-0.05, 0) is 19.1 Å². The van der Waals surface area contributed by atoms with E-state index >= 15 is 0 Å². The average molecular weight is 211 g/mol. The number of rotatable bonds is 1. The van der Waals surface area contributed by atoms with Gasteiger partial charge in [-0.2, -0.15) is 0 Å². The lowest BCUT2D eigenvalue weighted by Crippen LogP contribution is -2.34. The Hall–Kier alpha value is -1.03. The van der Waals surface area contributed by atoms with Crippen molar-refractivity contribution in [2.45, 2.75) is 11.8 Å². The lowest BCUT2D eigenvalue weighted by molar-refractivity contribution is 0.590. The first-order chi connectivity index (χ1) is 6.65. The molecule has 1 aromatic carbocycles. The highest BCUT2D eigenvalue weighted by atomic mass is 32.2. The molecule has 1 heterocycles. The zero-order chi connectivity index (χ0) is 10.2. The van der Waals surface area contributed by atoms with Crippen molar-refractivity contribution in [2.24, 2.45) is 0 Å². The number of fused-ring (bicyclic) bond motifs is 1. The number of anilines is 1. The number of benzene rings is 1. The van der Waals surface area contributed by atoms with Crippen LogP contribution in [0, 0.1) is 0 Å². The highest BCUT2D eigenvalue weighted by molar-refractivity contribution is 7.91. The number of sulfone groups is 1. The van der Waals surface area contributed by atoms with Gasteiger partial charge >= 0.3 is 0 Å². The molecule has 1 aromatic rings. The highest BCUT2D eigenvalue weighted by Gasteiger charge is 2.26. The monoisotopic (exact) mass is 211 g/mol. The van der Waals surface area contributed by atoms with E-state index in [0.717, 1.165) is 12.2 Å². The van der Waals surface area contributed by atoms with Crippen LogP contribution in [0.1, 0.15) is 6.92 Å². The number of para-hydroxylation sites is 1. The highest BCUT2D eigenvalue weighted by Crippen LogP contribution is 2.29. The van der Waals surface area contributed by atoms with Crippen molar-refractivity contribution in [3.63, 3.8) is 0 Å². The molecule has 1 aliphatic rings. The molecule has 0 saturated heterocycles. The Morgan fingerprint density at radius 3 is 2.79 bits per heavy atom. The second-order valence-corrected chi connectivity index (χ2v) is 5.44. The summed E-state index contributed by atoms with van der Waals surface area (Å²) in [5.41, 5.74) is 0.848. The molecule has 0 saturated carbocycles. The van der Waals surface area contributed by atoms with Crippen LogP contribution in [0.2, 0.25) is 0 Å². The van der Waals surface area contributed by atoms with Crippen molar-refractivity contribution in [1.29, 1.82) is 0 Å². The van der Waals surface area contributed by atoms with Crippen LogP contribution in [0.3, 0.4) is 0 Å². The molecular formula is C10H13NO2S. The molecule has 2 rings (SSSR count). The summed E-state index contributed by atoms with van der Waals surface area (Å²) < 4.78 is 23.4. The molecular weight excluding hydrogens is 198 g/mol. The van der Waals surface area contributed by atoms with Gasteiger partial charge < -0.3 is 4.90 Å². The van der Waals surface area contributed by atoms with E-state index in [0.29, 0.717) is 11.4 Å². The molecule has 0 N–H and O–H groups in total.